The molecule has 0 heterocycles. The van der Waals surface area contributed by atoms with Gasteiger partial charge in [0, 0.05) is 19.2 Å². The Morgan fingerprint density at radius 2 is 1.94 bits per heavy atom. The Hall–Kier alpha value is -0.220. The molecule has 0 spiro atoms. The van der Waals surface area contributed by atoms with Crippen molar-refractivity contribution in [2.45, 2.75) is 58.0 Å². The summed E-state index contributed by atoms with van der Waals surface area (Å²) in [5.74, 6) is 2.25. The molecule has 106 valence electrons. The smallest absolute Gasteiger partial charge is 0.216 e. The van der Waals surface area contributed by atoms with Crippen LogP contribution in [0.15, 0.2) is 0 Å². The van der Waals surface area contributed by atoms with Gasteiger partial charge in [-0.05, 0) is 25.0 Å². The molecule has 0 aromatic rings. The van der Waals surface area contributed by atoms with Crippen LogP contribution in [0.3, 0.4) is 0 Å². The van der Waals surface area contributed by atoms with Crippen LogP contribution < -0.4 is 5.32 Å². The van der Waals surface area contributed by atoms with E-state index in [-0.39, 0.29) is 5.91 Å². The average molecular weight is 273 g/mol. The highest BCUT2D eigenvalue weighted by Gasteiger charge is 2.11. The first-order valence-electron chi connectivity index (χ1n) is 7.23. The molecule has 0 aliphatic heterocycles. The van der Waals surface area contributed by atoms with Crippen LogP contribution in [0.5, 0.6) is 0 Å². The SMILES string of the molecule is CC(=O)NCCCSCCOC1CCCCCC1. The number of hydrogen-bond donors (Lipinski definition) is 1. The summed E-state index contributed by atoms with van der Waals surface area (Å²) in [4.78, 5) is 10.6. The summed E-state index contributed by atoms with van der Waals surface area (Å²) in [6.07, 6.45) is 9.54. The molecule has 0 aromatic carbocycles. The van der Waals surface area contributed by atoms with Crippen LogP contribution in [0.25, 0.3) is 0 Å². The zero-order valence-electron chi connectivity index (χ0n) is 11.6. The van der Waals surface area contributed by atoms with Gasteiger partial charge in [-0.15, -0.1) is 0 Å². The molecule has 4 heteroatoms. The number of ether oxygens (including phenoxy) is 1. The second-order valence-electron chi connectivity index (χ2n) is 4.93. The highest BCUT2D eigenvalue weighted by molar-refractivity contribution is 7.99. The van der Waals surface area contributed by atoms with Crippen LogP contribution in [-0.2, 0) is 9.53 Å². The Morgan fingerprint density at radius 3 is 2.61 bits per heavy atom. The lowest BCUT2D eigenvalue weighted by Crippen LogP contribution is -2.21. The quantitative estimate of drug-likeness (QED) is 0.546. The third-order valence-electron chi connectivity index (χ3n) is 3.22. The Morgan fingerprint density at radius 1 is 1.22 bits per heavy atom. The van der Waals surface area contributed by atoms with Gasteiger partial charge in [-0.3, -0.25) is 4.79 Å². The third-order valence-corrected chi connectivity index (χ3v) is 4.26. The summed E-state index contributed by atoms with van der Waals surface area (Å²) in [6, 6.07) is 0. The molecule has 1 N–H and O–H groups in total. The number of hydrogen-bond acceptors (Lipinski definition) is 3. The van der Waals surface area contributed by atoms with E-state index in [0.717, 1.165) is 31.1 Å². The maximum atomic E-state index is 10.6. The molecule has 0 bridgehead atoms. The van der Waals surface area contributed by atoms with Crippen LogP contribution in [0.4, 0.5) is 0 Å². The Balaban J connectivity index is 1.84. The average Bonchev–Trinajstić information content (AvgIpc) is 2.61. The van der Waals surface area contributed by atoms with Gasteiger partial charge in [0.15, 0.2) is 0 Å². The molecule has 0 unspecified atom stereocenters. The minimum absolute atomic E-state index is 0.0664. The molecule has 1 saturated carbocycles. The van der Waals surface area contributed by atoms with Crippen molar-refractivity contribution < 1.29 is 9.53 Å². The highest BCUT2D eigenvalue weighted by Crippen LogP contribution is 2.19. The molecule has 1 rings (SSSR count). The fourth-order valence-corrected chi connectivity index (χ4v) is 2.99. The molecule has 18 heavy (non-hydrogen) atoms. The molecule has 1 aliphatic rings. The molecular formula is C14H27NO2S. The zero-order chi connectivity index (χ0) is 13.1. The lowest BCUT2D eigenvalue weighted by molar-refractivity contribution is -0.118. The van der Waals surface area contributed by atoms with E-state index in [1.165, 1.54) is 38.5 Å². The fraction of sp³-hybridized carbons (Fsp3) is 0.929. The maximum absolute atomic E-state index is 10.6. The van der Waals surface area contributed by atoms with Crippen molar-refractivity contribution in [3.63, 3.8) is 0 Å². The van der Waals surface area contributed by atoms with Gasteiger partial charge in [-0.1, -0.05) is 25.7 Å². The Labute approximate surface area is 115 Å². The van der Waals surface area contributed by atoms with Crippen LogP contribution in [0.2, 0.25) is 0 Å². The second kappa shape index (κ2) is 10.7. The van der Waals surface area contributed by atoms with Crippen LogP contribution in [0, 0.1) is 0 Å². The number of rotatable bonds is 8. The molecule has 1 amide bonds. The predicted molar refractivity (Wildman–Crippen MR) is 78.1 cm³/mol. The lowest BCUT2D eigenvalue weighted by atomic mass is 10.1. The van der Waals surface area contributed by atoms with Crippen LogP contribution in [-0.4, -0.2) is 36.7 Å². The van der Waals surface area contributed by atoms with Crippen molar-refractivity contribution in [2.75, 3.05) is 24.7 Å². The predicted octanol–water partition coefficient (Wildman–Crippen LogP) is 2.99. The fourth-order valence-electron chi connectivity index (χ4n) is 2.22. The van der Waals surface area contributed by atoms with Crippen LogP contribution >= 0.6 is 11.8 Å². The summed E-state index contributed by atoms with van der Waals surface area (Å²) in [6.45, 7) is 3.25. The van der Waals surface area contributed by atoms with E-state index < -0.39 is 0 Å². The van der Waals surface area contributed by atoms with Gasteiger partial charge in [0.2, 0.25) is 5.91 Å². The lowest BCUT2D eigenvalue weighted by Gasteiger charge is -2.14. The largest absolute Gasteiger partial charge is 0.377 e. The van der Waals surface area contributed by atoms with Crippen molar-refractivity contribution in [2.24, 2.45) is 0 Å². The Bertz CT molecular complexity index is 216. The van der Waals surface area contributed by atoms with E-state index >= 15 is 0 Å². The molecule has 0 aromatic heterocycles. The van der Waals surface area contributed by atoms with Gasteiger partial charge in [-0.2, -0.15) is 11.8 Å². The van der Waals surface area contributed by atoms with E-state index in [9.17, 15) is 4.79 Å². The van der Waals surface area contributed by atoms with E-state index in [1.54, 1.807) is 6.92 Å². The van der Waals surface area contributed by atoms with Crippen molar-refractivity contribution in [3.05, 3.63) is 0 Å². The summed E-state index contributed by atoms with van der Waals surface area (Å²) in [5.41, 5.74) is 0. The molecule has 0 atom stereocenters. The molecular weight excluding hydrogens is 246 g/mol. The number of nitrogens with one attached hydrogen (secondary N) is 1. The molecule has 1 fully saturated rings. The van der Waals surface area contributed by atoms with Crippen molar-refractivity contribution in [1.29, 1.82) is 0 Å². The third kappa shape index (κ3) is 8.81. The van der Waals surface area contributed by atoms with Crippen LogP contribution in [0.1, 0.15) is 51.9 Å². The summed E-state index contributed by atoms with van der Waals surface area (Å²) < 4.78 is 5.92. The number of thioether (sulfide) groups is 1. The Kier molecular flexibility index (Phi) is 9.40. The number of carbonyl (C=O) groups is 1. The van der Waals surface area contributed by atoms with E-state index in [0.29, 0.717) is 6.10 Å². The summed E-state index contributed by atoms with van der Waals surface area (Å²) in [7, 11) is 0. The maximum Gasteiger partial charge on any atom is 0.216 e. The van der Waals surface area contributed by atoms with Crippen molar-refractivity contribution in [1.82, 2.24) is 5.32 Å². The van der Waals surface area contributed by atoms with Gasteiger partial charge >= 0.3 is 0 Å². The molecule has 0 saturated heterocycles. The number of amides is 1. The first-order valence-corrected chi connectivity index (χ1v) is 8.38. The van der Waals surface area contributed by atoms with Gasteiger partial charge in [0.1, 0.15) is 0 Å². The monoisotopic (exact) mass is 273 g/mol. The van der Waals surface area contributed by atoms with Crippen molar-refractivity contribution >= 4 is 17.7 Å². The van der Waals surface area contributed by atoms with Gasteiger partial charge in [0.05, 0.1) is 12.7 Å². The van der Waals surface area contributed by atoms with Gasteiger partial charge < -0.3 is 10.1 Å². The minimum atomic E-state index is 0.0664. The van der Waals surface area contributed by atoms with Gasteiger partial charge in [-0.25, -0.2) is 0 Å². The molecule has 3 nitrogen and oxygen atoms in total. The summed E-state index contributed by atoms with van der Waals surface area (Å²) in [5, 5.41) is 2.81. The number of carbonyl (C=O) groups excluding carboxylic acids is 1. The highest BCUT2D eigenvalue weighted by atomic mass is 32.2. The standard InChI is InChI=1S/C14H27NO2S/c1-13(16)15-9-6-11-18-12-10-17-14-7-4-2-3-5-8-14/h14H,2-12H2,1H3,(H,15,16). The minimum Gasteiger partial charge on any atom is -0.377 e. The van der Waals surface area contributed by atoms with E-state index in [1.807, 2.05) is 11.8 Å². The van der Waals surface area contributed by atoms with Gasteiger partial charge in [0.25, 0.3) is 0 Å². The topological polar surface area (TPSA) is 38.3 Å². The van der Waals surface area contributed by atoms with E-state index in [4.69, 9.17) is 4.74 Å². The van der Waals surface area contributed by atoms with Crippen molar-refractivity contribution in [3.8, 4) is 0 Å². The summed E-state index contributed by atoms with van der Waals surface area (Å²) >= 11 is 1.92. The second-order valence-corrected chi connectivity index (χ2v) is 6.16. The van der Waals surface area contributed by atoms with E-state index in [2.05, 4.69) is 5.32 Å². The first-order chi connectivity index (χ1) is 8.79. The molecule has 1 aliphatic carbocycles. The molecule has 0 radical (unpaired) electrons. The zero-order valence-corrected chi connectivity index (χ0v) is 12.4. The normalized spacial score (nSPS) is 17.4. The first kappa shape index (κ1) is 15.8.